The first-order chi connectivity index (χ1) is 22.6. The summed E-state index contributed by atoms with van der Waals surface area (Å²) < 4.78 is 34.2. The number of amides is 3. The van der Waals surface area contributed by atoms with Gasteiger partial charge in [-0.05, 0) is 50.1 Å². The summed E-state index contributed by atoms with van der Waals surface area (Å²) in [6.45, 7) is 14.8. The Labute approximate surface area is 299 Å². The SMILES string of the molecule is BOC(=O)C1=C(CCl)C[S+]([O-])[C@@H]2[C@H](NC(=O)/C(=N\O[C@@H](CO[Si](C)(C)C(C)(C)C)C(=O)OB)c3csc(NC(=O)OC(C)(C)C)n3)C(=O)N12. The first-order valence-corrected chi connectivity index (χ1v) is 20.6. The number of carbonyl (C=O) groups is 5. The standard InChI is InChI=1S/C27H40B2ClN5O11S2Si/c1-26(2,3)43-25(40)33-24-31-14(11-47-24)16(34-46-15(22(38)44-28)10-42-49(7,8)27(4,5)6)19(36)32-17-20(37)35-18(23(39)45-29)13(9-30)12-48(41)21(17)35/h11,15,17,21H,9-10,12,28-29H2,1-8H3,(H,32,36)(H,31,33,40)/b34-16-/t15-,17+,21+,48?/m0/s1. The number of oxime groups is 1. The van der Waals surface area contributed by atoms with Gasteiger partial charge in [0.15, 0.2) is 25.2 Å². The summed E-state index contributed by atoms with van der Waals surface area (Å²) in [5.74, 6) is -3.69. The number of carbonyl (C=O) groups excluding carboxylic acids is 5. The Bertz CT molecular complexity index is 1530. The van der Waals surface area contributed by atoms with E-state index in [9.17, 15) is 28.5 Å². The van der Waals surface area contributed by atoms with Gasteiger partial charge in [-0.25, -0.2) is 19.4 Å². The van der Waals surface area contributed by atoms with E-state index in [2.05, 4.69) is 20.8 Å². The molecule has 0 saturated carbocycles. The van der Waals surface area contributed by atoms with Gasteiger partial charge in [-0.15, -0.1) is 22.9 Å². The monoisotopic (exact) mass is 759 g/mol. The number of rotatable bonds is 12. The molecule has 0 spiro atoms. The summed E-state index contributed by atoms with van der Waals surface area (Å²) in [5, 5.41) is 9.03. The minimum absolute atomic E-state index is 0.0382. The number of nitrogens with zero attached hydrogens (tertiary/aromatic N) is 3. The van der Waals surface area contributed by atoms with Crippen LogP contribution < -0.4 is 10.6 Å². The molecule has 1 aromatic heterocycles. The van der Waals surface area contributed by atoms with E-state index in [0.29, 0.717) is 0 Å². The van der Waals surface area contributed by atoms with Gasteiger partial charge in [0.25, 0.3) is 11.8 Å². The maximum absolute atomic E-state index is 13.8. The summed E-state index contributed by atoms with van der Waals surface area (Å²) in [6, 6.07) is -1.34. The van der Waals surface area contributed by atoms with Crippen molar-refractivity contribution in [1.82, 2.24) is 15.2 Å². The van der Waals surface area contributed by atoms with Crippen LogP contribution in [0.2, 0.25) is 18.1 Å². The van der Waals surface area contributed by atoms with Gasteiger partial charge in [0, 0.05) is 11.0 Å². The lowest BCUT2D eigenvalue weighted by Gasteiger charge is -2.49. The van der Waals surface area contributed by atoms with Crippen molar-refractivity contribution in [3.05, 3.63) is 22.3 Å². The molecule has 3 heterocycles. The van der Waals surface area contributed by atoms with Crippen molar-refractivity contribution in [2.24, 2.45) is 5.16 Å². The maximum atomic E-state index is 13.8. The average Bonchev–Trinajstić information content (AvgIpc) is 3.45. The number of anilines is 1. The fraction of sp³-hybridized carbons (Fsp3) is 0.593. The molecule has 1 fully saturated rings. The van der Waals surface area contributed by atoms with Crippen molar-refractivity contribution in [2.45, 2.75) is 82.8 Å². The lowest BCUT2D eigenvalue weighted by molar-refractivity contribution is -0.150. The number of nitrogens with one attached hydrogen (secondary N) is 2. The molecular formula is C27H40B2ClN5O11S2Si. The van der Waals surface area contributed by atoms with Crippen LogP contribution in [-0.4, -0.2) is 116 Å². The van der Waals surface area contributed by atoms with Crippen LogP contribution in [0.15, 0.2) is 21.8 Å². The normalized spacial score (nSPS) is 20.4. The molecule has 4 atom stereocenters. The highest BCUT2D eigenvalue weighted by Gasteiger charge is 2.61. The predicted molar refractivity (Wildman–Crippen MR) is 189 cm³/mol. The molecule has 0 aliphatic carbocycles. The Hall–Kier alpha value is -3.10. The van der Waals surface area contributed by atoms with Crippen molar-refractivity contribution >= 4 is 99.2 Å². The van der Waals surface area contributed by atoms with E-state index in [4.69, 9.17) is 34.9 Å². The van der Waals surface area contributed by atoms with Gasteiger partial charge in [-0.2, -0.15) is 0 Å². The van der Waals surface area contributed by atoms with Crippen molar-refractivity contribution in [3.8, 4) is 0 Å². The topological polar surface area (TPSA) is 207 Å². The van der Waals surface area contributed by atoms with Crippen LogP contribution in [0.3, 0.4) is 0 Å². The molecule has 0 radical (unpaired) electrons. The Balaban J connectivity index is 1.94. The molecule has 0 bridgehead atoms. The van der Waals surface area contributed by atoms with Crippen molar-refractivity contribution in [3.63, 3.8) is 0 Å². The molecule has 1 unspecified atom stereocenters. The molecule has 2 N–H and O–H groups in total. The highest BCUT2D eigenvalue weighted by Crippen LogP contribution is 2.38. The molecule has 49 heavy (non-hydrogen) atoms. The number of alkyl halides is 1. The van der Waals surface area contributed by atoms with E-state index >= 15 is 0 Å². The maximum Gasteiger partial charge on any atom is 0.413 e. The summed E-state index contributed by atoms with van der Waals surface area (Å²) in [4.78, 5) is 75.4. The number of halogens is 1. The van der Waals surface area contributed by atoms with Crippen LogP contribution in [0.5, 0.6) is 0 Å². The fourth-order valence-electron chi connectivity index (χ4n) is 4.18. The second-order valence-electron chi connectivity index (χ2n) is 13.4. The van der Waals surface area contributed by atoms with Crippen LogP contribution in [-0.2, 0) is 53.7 Å². The zero-order chi connectivity index (χ0) is 37.1. The van der Waals surface area contributed by atoms with Gasteiger partial charge in [0.1, 0.15) is 22.7 Å². The molecule has 3 amide bonds. The molecule has 1 saturated heterocycles. The van der Waals surface area contributed by atoms with Crippen LogP contribution in [0, 0.1) is 0 Å². The lowest BCUT2D eigenvalue weighted by Crippen LogP contribution is -2.75. The molecule has 3 rings (SSSR count). The highest BCUT2D eigenvalue weighted by atomic mass is 35.5. The van der Waals surface area contributed by atoms with Gasteiger partial charge < -0.3 is 33.2 Å². The minimum atomic E-state index is -2.37. The van der Waals surface area contributed by atoms with Crippen LogP contribution in [0.4, 0.5) is 9.93 Å². The van der Waals surface area contributed by atoms with Gasteiger partial charge in [0.05, 0.1) is 12.5 Å². The van der Waals surface area contributed by atoms with E-state index < -0.39 is 78.2 Å². The Morgan fingerprint density at radius 1 is 1.20 bits per heavy atom. The molecule has 2 aliphatic rings. The number of thiazole rings is 1. The molecule has 1 aromatic rings. The van der Waals surface area contributed by atoms with Crippen LogP contribution in [0.25, 0.3) is 0 Å². The lowest BCUT2D eigenvalue weighted by atomic mass is 10.0. The Morgan fingerprint density at radius 3 is 2.41 bits per heavy atom. The summed E-state index contributed by atoms with van der Waals surface area (Å²) >= 11 is 5.15. The molecule has 268 valence electrons. The summed E-state index contributed by atoms with van der Waals surface area (Å²) in [5.41, 5.74) is -1.26. The second-order valence-corrected chi connectivity index (χ2v) is 20.9. The zero-order valence-electron chi connectivity index (χ0n) is 29.0. The average molecular weight is 760 g/mol. The minimum Gasteiger partial charge on any atom is -0.614 e. The summed E-state index contributed by atoms with van der Waals surface area (Å²) in [6.07, 6.45) is -2.19. The quantitative estimate of drug-likeness (QED) is 0.0754. The largest absolute Gasteiger partial charge is 0.614 e. The van der Waals surface area contributed by atoms with E-state index in [-0.39, 0.29) is 45.4 Å². The molecule has 16 nitrogen and oxygen atoms in total. The second kappa shape index (κ2) is 15.8. The number of hydrogen-bond donors (Lipinski definition) is 2. The van der Waals surface area contributed by atoms with E-state index in [1.165, 1.54) is 5.38 Å². The number of fused-ring (bicyclic) bond motifs is 1. The molecule has 22 heteroatoms. The number of β-lactam (4-membered cyclic amide) rings is 1. The van der Waals surface area contributed by atoms with Crippen molar-refractivity contribution < 1.29 is 51.8 Å². The summed E-state index contributed by atoms with van der Waals surface area (Å²) in [7, 11) is -0.0797. The number of ether oxygens (including phenoxy) is 1. The smallest absolute Gasteiger partial charge is 0.413 e. The number of hydrogen-bond acceptors (Lipinski definition) is 14. The van der Waals surface area contributed by atoms with E-state index in [0.717, 1.165) is 32.3 Å². The predicted octanol–water partition coefficient (Wildman–Crippen LogP) is 0.692. The fourth-order valence-corrected chi connectivity index (χ4v) is 7.88. The third-order valence-electron chi connectivity index (χ3n) is 7.74. The van der Waals surface area contributed by atoms with Gasteiger partial charge in [0.2, 0.25) is 11.5 Å². The molecular weight excluding hydrogens is 720 g/mol. The van der Waals surface area contributed by atoms with E-state index in [1.54, 1.807) is 20.8 Å². The van der Waals surface area contributed by atoms with E-state index in [1.807, 2.05) is 33.9 Å². The van der Waals surface area contributed by atoms with Crippen LogP contribution >= 0.6 is 22.9 Å². The first kappa shape index (κ1) is 40.3. The zero-order valence-corrected chi connectivity index (χ0v) is 32.3. The van der Waals surface area contributed by atoms with Gasteiger partial charge in [-0.1, -0.05) is 25.9 Å². The van der Waals surface area contributed by atoms with Gasteiger partial charge in [-0.3, -0.25) is 19.8 Å². The Kier molecular flexibility index (Phi) is 13.0. The molecule has 2 aliphatic heterocycles. The third-order valence-corrected chi connectivity index (χ3v) is 15.0. The first-order valence-electron chi connectivity index (χ1n) is 14.9. The third kappa shape index (κ3) is 9.57. The van der Waals surface area contributed by atoms with Crippen LogP contribution in [0.1, 0.15) is 47.2 Å². The molecule has 0 aromatic carbocycles. The Morgan fingerprint density at radius 2 is 1.86 bits per heavy atom. The van der Waals surface area contributed by atoms with Crippen molar-refractivity contribution in [2.75, 3.05) is 23.6 Å². The number of aromatic nitrogens is 1. The van der Waals surface area contributed by atoms with Crippen molar-refractivity contribution in [1.29, 1.82) is 0 Å². The highest BCUT2D eigenvalue weighted by molar-refractivity contribution is 7.92. The van der Waals surface area contributed by atoms with Gasteiger partial charge >= 0.3 is 34.1 Å².